The molecule has 0 aliphatic heterocycles. The summed E-state index contributed by atoms with van der Waals surface area (Å²) >= 11 is 0. The molecule has 0 radical (unpaired) electrons. The van der Waals surface area contributed by atoms with Gasteiger partial charge in [0.05, 0.1) is 5.71 Å². The summed E-state index contributed by atoms with van der Waals surface area (Å²) in [5.41, 5.74) is 12.2. The van der Waals surface area contributed by atoms with E-state index < -0.39 is 0 Å². The number of aromatic nitrogens is 3. The number of nitrogens with two attached hydrogens (primary N) is 1. The average Bonchev–Trinajstić information content (AvgIpc) is 2.95. The van der Waals surface area contributed by atoms with E-state index >= 15 is 0 Å². The number of hydrogen-bond acceptors (Lipinski definition) is 5. The molecule has 116 valence electrons. The van der Waals surface area contributed by atoms with E-state index in [1.165, 1.54) is 0 Å². The van der Waals surface area contributed by atoms with Gasteiger partial charge in [-0.2, -0.15) is 5.10 Å². The number of rotatable bonds is 4. The summed E-state index contributed by atoms with van der Waals surface area (Å²) in [6.07, 6.45) is 0. The zero-order valence-corrected chi connectivity index (χ0v) is 13.1. The second-order valence-corrected chi connectivity index (χ2v) is 5.20. The molecule has 0 saturated heterocycles. The Morgan fingerprint density at radius 1 is 1.04 bits per heavy atom. The third-order valence-electron chi connectivity index (χ3n) is 3.56. The van der Waals surface area contributed by atoms with Crippen molar-refractivity contribution in [3.8, 4) is 11.4 Å². The summed E-state index contributed by atoms with van der Waals surface area (Å²) in [5, 5.41) is 12.7. The summed E-state index contributed by atoms with van der Waals surface area (Å²) in [5.74, 6) is 1.37. The fraction of sp³-hybridized carbons (Fsp3) is 0.118. The SMILES string of the molecule is C/C(=N\Nc1nnc(-c2ccccc2)n1C)c1ccc(N)cc1. The molecule has 23 heavy (non-hydrogen) atoms. The number of nitrogen functional groups attached to an aromatic ring is 1. The van der Waals surface area contributed by atoms with Crippen molar-refractivity contribution >= 4 is 17.3 Å². The number of anilines is 2. The third-order valence-corrected chi connectivity index (χ3v) is 3.56. The Morgan fingerprint density at radius 2 is 1.74 bits per heavy atom. The molecule has 0 atom stereocenters. The van der Waals surface area contributed by atoms with Gasteiger partial charge in [0.15, 0.2) is 5.82 Å². The van der Waals surface area contributed by atoms with Gasteiger partial charge in [-0.05, 0) is 24.6 Å². The first-order valence-electron chi connectivity index (χ1n) is 7.26. The van der Waals surface area contributed by atoms with Crippen LogP contribution >= 0.6 is 0 Å². The van der Waals surface area contributed by atoms with Gasteiger partial charge in [0, 0.05) is 18.3 Å². The smallest absolute Gasteiger partial charge is 0.245 e. The lowest BCUT2D eigenvalue weighted by Crippen LogP contribution is -2.04. The molecule has 6 heteroatoms. The zero-order valence-electron chi connectivity index (χ0n) is 13.1. The van der Waals surface area contributed by atoms with Crippen LogP contribution in [0.15, 0.2) is 59.7 Å². The van der Waals surface area contributed by atoms with E-state index in [0.29, 0.717) is 5.95 Å². The Balaban J connectivity index is 1.80. The molecule has 3 aromatic rings. The lowest BCUT2D eigenvalue weighted by molar-refractivity contribution is 0.917. The average molecular weight is 306 g/mol. The molecule has 0 aliphatic carbocycles. The van der Waals surface area contributed by atoms with Crippen molar-refractivity contribution in [1.29, 1.82) is 0 Å². The van der Waals surface area contributed by atoms with Gasteiger partial charge in [-0.1, -0.05) is 42.5 Å². The van der Waals surface area contributed by atoms with E-state index in [4.69, 9.17) is 5.73 Å². The molecule has 0 fully saturated rings. The van der Waals surface area contributed by atoms with E-state index in [0.717, 1.165) is 28.4 Å². The van der Waals surface area contributed by atoms with Crippen LogP contribution in [0.1, 0.15) is 12.5 Å². The second-order valence-electron chi connectivity index (χ2n) is 5.20. The van der Waals surface area contributed by atoms with Crippen LogP contribution < -0.4 is 11.2 Å². The van der Waals surface area contributed by atoms with Gasteiger partial charge in [0.25, 0.3) is 0 Å². The molecule has 0 aliphatic rings. The van der Waals surface area contributed by atoms with Crippen LogP contribution in [-0.2, 0) is 7.05 Å². The van der Waals surface area contributed by atoms with Crippen molar-refractivity contribution in [3.63, 3.8) is 0 Å². The summed E-state index contributed by atoms with van der Waals surface area (Å²) in [4.78, 5) is 0. The molecule has 0 unspecified atom stereocenters. The summed E-state index contributed by atoms with van der Waals surface area (Å²) < 4.78 is 1.87. The minimum atomic E-state index is 0.582. The lowest BCUT2D eigenvalue weighted by Gasteiger charge is -2.05. The van der Waals surface area contributed by atoms with Gasteiger partial charge < -0.3 is 5.73 Å². The Morgan fingerprint density at radius 3 is 2.43 bits per heavy atom. The predicted octanol–water partition coefficient (Wildman–Crippen LogP) is 2.90. The highest BCUT2D eigenvalue weighted by molar-refractivity contribution is 5.99. The molecular formula is C17H18N6. The van der Waals surface area contributed by atoms with Crippen LogP contribution in [0.2, 0.25) is 0 Å². The van der Waals surface area contributed by atoms with Crippen LogP contribution in [0, 0.1) is 0 Å². The van der Waals surface area contributed by atoms with Crippen molar-refractivity contribution in [2.24, 2.45) is 12.1 Å². The Hall–Kier alpha value is -3.15. The first-order chi connectivity index (χ1) is 11.1. The van der Waals surface area contributed by atoms with Gasteiger partial charge in [-0.15, -0.1) is 10.2 Å². The van der Waals surface area contributed by atoms with Gasteiger partial charge in [0.2, 0.25) is 5.95 Å². The fourth-order valence-corrected chi connectivity index (χ4v) is 2.19. The number of nitrogens with zero attached hydrogens (tertiary/aromatic N) is 4. The van der Waals surface area contributed by atoms with Crippen LogP contribution in [-0.4, -0.2) is 20.5 Å². The quantitative estimate of drug-likeness (QED) is 0.441. The van der Waals surface area contributed by atoms with Crippen LogP contribution in [0.5, 0.6) is 0 Å². The van der Waals surface area contributed by atoms with E-state index in [1.54, 1.807) is 0 Å². The maximum absolute atomic E-state index is 5.69. The van der Waals surface area contributed by atoms with E-state index in [-0.39, 0.29) is 0 Å². The molecule has 2 aromatic carbocycles. The highest BCUT2D eigenvalue weighted by Crippen LogP contribution is 2.18. The normalized spacial score (nSPS) is 11.5. The minimum Gasteiger partial charge on any atom is -0.399 e. The molecular weight excluding hydrogens is 288 g/mol. The molecule has 3 N–H and O–H groups in total. The number of hydrazone groups is 1. The summed E-state index contributed by atoms with van der Waals surface area (Å²) in [6.45, 7) is 1.92. The van der Waals surface area contributed by atoms with Crippen LogP contribution in [0.3, 0.4) is 0 Å². The van der Waals surface area contributed by atoms with E-state index in [1.807, 2.05) is 73.1 Å². The third kappa shape index (κ3) is 3.21. The van der Waals surface area contributed by atoms with Crippen molar-refractivity contribution in [3.05, 3.63) is 60.2 Å². The highest BCUT2D eigenvalue weighted by atomic mass is 15.4. The van der Waals surface area contributed by atoms with E-state index in [2.05, 4.69) is 20.7 Å². The first-order valence-corrected chi connectivity index (χ1v) is 7.26. The molecule has 0 spiro atoms. The topological polar surface area (TPSA) is 81.1 Å². The Kier molecular flexibility index (Phi) is 4.05. The van der Waals surface area contributed by atoms with Gasteiger partial charge in [-0.25, -0.2) is 5.43 Å². The Bertz CT molecular complexity index is 818. The standard InChI is InChI=1S/C17H18N6/c1-12(13-8-10-15(18)11-9-13)19-21-17-22-20-16(23(17)2)14-6-4-3-5-7-14/h3-11H,18H2,1-2H3,(H,21,22)/b19-12+. The highest BCUT2D eigenvalue weighted by Gasteiger charge is 2.09. The van der Waals surface area contributed by atoms with Gasteiger partial charge in [0.1, 0.15) is 0 Å². The summed E-state index contributed by atoms with van der Waals surface area (Å²) in [6, 6.07) is 17.5. The van der Waals surface area contributed by atoms with Crippen molar-refractivity contribution in [1.82, 2.24) is 14.8 Å². The monoisotopic (exact) mass is 306 g/mol. The lowest BCUT2D eigenvalue weighted by atomic mass is 10.1. The second kappa shape index (κ2) is 6.31. The fourth-order valence-electron chi connectivity index (χ4n) is 2.19. The first kappa shape index (κ1) is 14.8. The van der Waals surface area contributed by atoms with E-state index in [9.17, 15) is 0 Å². The largest absolute Gasteiger partial charge is 0.399 e. The van der Waals surface area contributed by atoms with Crippen LogP contribution in [0.4, 0.5) is 11.6 Å². The number of hydrogen-bond donors (Lipinski definition) is 2. The van der Waals surface area contributed by atoms with Crippen molar-refractivity contribution in [2.75, 3.05) is 11.2 Å². The maximum atomic E-state index is 5.69. The Labute approximate surface area is 134 Å². The number of nitrogens with one attached hydrogen (secondary N) is 1. The molecule has 0 amide bonds. The maximum Gasteiger partial charge on any atom is 0.245 e. The molecule has 0 saturated carbocycles. The van der Waals surface area contributed by atoms with Crippen molar-refractivity contribution in [2.45, 2.75) is 6.92 Å². The molecule has 1 aromatic heterocycles. The van der Waals surface area contributed by atoms with Gasteiger partial charge in [-0.3, -0.25) is 4.57 Å². The number of benzene rings is 2. The molecule has 1 heterocycles. The van der Waals surface area contributed by atoms with Crippen molar-refractivity contribution < 1.29 is 0 Å². The molecule has 0 bridgehead atoms. The molecule has 3 rings (SSSR count). The zero-order chi connectivity index (χ0) is 16.2. The van der Waals surface area contributed by atoms with Gasteiger partial charge >= 0.3 is 0 Å². The van der Waals surface area contributed by atoms with Crippen LogP contribution in [0.25, 0.3) is 11.4 Å². The minimum absolute atomic E-state index is 0.582. The molecule has 6 nitrogen and oxygen atoms in total. The predicted molar refractivity (Wildman–Crippen MR) is 93.1 cm³/mol. The summed E-state index contributed by atoms with van der Waals surface area (Å²) in [7, 11) is 1.90.